The van der Waals surface area contributed by atoms with E-state index in [1.807, 2.05) is 26.0 Å². The average molecular weight is 488 g/mol. The number of aliphatic hydroxyl groups excluding tert-OH is 1. The van der Waals surface area contributed by atoms with Gasteiger partial charge in [-0.1, -0.05) is 11.6 Å². The first-order valence-electron chi connectivity index (χ1n) is 12.1. The lowest BCUT2D eigenvalue weighted by Gasteiger charge is -2.32. The first kappa shape index (κ1) is 24.7. The van der Waals surface area contributed by atoms with Crippen LogP contribution in [-0.2, 0) is 0 Å². The lowest BCUT2D eigenvalue weighted by Crippen LogP contribution is -2.43. The van der Waals surface area contributed by atoms with Gasteiger partial charge in [0.25, 0.3) is 5.91 Å². The molecule has 1 amide bonds. The molecular weight excluding hydrogens is 454 g/mol. The molecule has 2 saturated heterocycles. The Morgan fingerprint density at radius 2 is 1.88 bits per heavy atom. The molecule has 9 heteroatoms. The third-order valence-electron chi connectivity index (χ3n) is 6.76. The molecule has 0 aliphatic carbocycles. The minimum atomic E-state index is -0.551. The summed E-state index contributed by atoms with van der Waals surface area (Å²) in [5.74, 6) is 2.08. The first-order chi connectivity index (χ1) is 16.4. The van der Waals surface area contributed by atoms with E-state index in [0.29, 0.717) is 36.2 Å². The van der Waals surface area contributed by atoms with Gasteiger partial charge in [-0.2, -0.15) is 0 Å². The highest BCUT2D eigenvalue weighted by molar-refractivity contribution is 6.30. The highest BCUT2D eigenvalue weighted by atomic mass is 35.5. The van der Waals surface area contributed by atoms with E-state index in [-0.39, 0.29) is 11.9 Å². The SMILES string of the molecule is Cc1cc(OCCCC2CCN(c3ncc(Cl)cn3)CC2)cc(C)c1C(=O)N[C@@H]1CNC[C@H]1O. The summed E-state index contributed by atoms with van der Waals surface area (Å²) in [6, 6.07) is 3.60. The quantitative estimate of drug-likeness (QED) is 0.492. The largest absolute Gasteiger partial charge is 0.494 e. The third kappa shape index (κ3) is 6.17. The van der Waals surface area contributed by atoms with Crippen LogP contribution in [0, 0.1) is 19.8 Å². The van der Waals surface area contributed by atoms with Crippen LogP contribution in [0.1, 0.15) is 47.2 Å². The van der Waals surface area contributed by atoms with Gasteiger partial charge in [0.1, 0.15) is 5.75 Å². The smallest absolute Gasteiger partial charge is 0.252 e. The number of amides is 1. The molecule has 2 aromatic rings. The summed E-state index contributed by atoms with van der Waals surface area (Å²) in [5.41, 5.74) is 2.41. The number of ether oxygens (including phenoxy) is 1. The van der Waals surface area contributed by atoms with Crippen molar-refractivity contribution in [3.63, 3.8) is 0 Å². The van der Waals surface area contributed by atoms with Gasteiger partial charge in [0.05, 0.1) is 36.2 Å². The average Bonchev–Trinajstić information content (AvgIpc) is 3.21. The third-order valence-corrected chi connectivity index (χ3v) is 6.96. The van der Waals surface area contributed by atoms with Crippen molar-refractivity contribution in [3.8, 4) is 5.75 Å². The van der Waals surface area contributed by atoms with Crippen molar-refractivity contribution in [3.05, 3.63) is 46.2 Å². The molecule has 2 aliphatic rings. The minimum absolute atomic E-state index is 0.148. The number of nitrogens with one attached hydrogen (secondary N) is 2. The van der Waals surface area contributed by atoms with E-state index >= 15 is 0 Å². The van der Waals surface area contributed by atoms with E-state index < -0.39 is 6.10 Å². The maximum atomic E-state index is 12.8. The number of aliphatic hydroxyl groups is 1. The number of halogens is 1. The van der Waals surface area contributed by atoms with Crippen molar-refractivity contribution < 1.29 is 14.6 Å². The summed E-state index contributed by atoms with van der Waals surface area (Å²) in [4.78, 5) is 23.6. The normalized spacial score (nSPS) is 21.0. The number of anilines is 1. The standard InChI is InChI=1S/C25H34ClN5O3/c1-16-10-20(11-17(2)23(16)24(33)30-21-14-27-15-22(21)32)34-9-3-4-18-5-7-31(8-6-18)25-28-12-19(26)13-29-25/h10-13,18,21-22,27,32H,3-9,14-15H2,1-2H3,(H,30,33)/t21-,22-/m1/s1. The zero-order chi connectivity index (χ0) is 24.1. The molecule has 0 bridgehead atoms. The predicted octanol–water partition coefficient (Wildman–Crippen LogP) is 2.88. The van der Waals surface area contributed by atoms with E-state index in [9.17, 15) is 9.90 Å². The second-order valence-electron chi connectivity index (χ2n) is 9.36. The molecule has 4 rings (SSSR count). The molecule has 2 aliphatic heterocycles. The highest BCUT2D eigenvalue weighted by Gasteiger charge is 2.27. The Morgan fingerprint density at radius 1 is 1.21 bits per heavy atom. The maximum absolute atomic E-state index is 12.8. The Kier molecular flexibility index (Phi) is 8.24. The van der Waals surface area contributed by atoms with Gasteiger partial charge in [0.2, 0.25) is 5.95 Å². The second kappa shape index (κ2) is 11.3. The predicted molar refractivity (Wildman–Crippen MR) is 133 cm³/mol. The molecule has 8 nitrogen and oxygen atoms in total. The fourth-order valence-corrected chi connectivity index (χ4v) is 4.97. The van der Waals surface area contributed by atoms with Gasteiger partial charge in [0.15, 0.2) is 0 Å². The van der Waals surface area contributed by atoms with Crippen LogP contribution in [0.15, 0.2) is 24.5 Å². The van der Waals surface area contributed by atoms with Crippen molar-refractivity contribution >= 4 is 23.5 Å². The van der Waals surface area contributed by atoms with Crippen LogP contribution in [0.5, 0.6) is 5.75 Å². The number of hydrogen-bond donors (Lipinski definition) is 3. The van der Waals surface area contributed by atoms with E-state index in [2.05, 4.69) is 25.5 Å². The minimum Gasteiger partial charge on any atom is -0.494 e. The van der Waals surface area contributed by atoms with E-state index in [0.717, 1.165) is 61.6 Å². The Labute approximate surface area is 206 Å². The van der Waals surface area contributed by atoms with Gasteiger partial charge in [-0.05, 0) is 68.7 Å². The van der Waals surface area contributed by atoms with Gasteiger partial charge in [-0.25, -0.2) is 9.97 Å². The molecule has 1 aromatic carbocycles. The molecule has 0 unspecified atom stereocenters. The molecule has 2 atom stereocenters. The summed E-state index contributed by atoms with van der Waals surface area (Å²) in [7, 11) is 0. The van der Waals surface area contributed by atoms with Crippen LogP contribution in [0.4, 0.5) is 5.95 Å². The molecule has 2 fully saturated rings. The molecule has 0 spiro atoms. The Balaban J connectivity index is 1.21. The molecule has 1 aromatic heterocycles. The summed E-state index contributed by atoms with van der Waals surface area (Å²) in [5, 5.41) is 16.5. The number of aryl methyl sites for hydroxylation is 2. The van der Waals surface area contributed by atoms with Crippen LogP contribution < -0.4 is 20.3 Å². The molecule has 0 saturated carbocycles. The molecule has 3 heterocycles. The summed E-state index contributed by atoms with van der Waals surface area (Å²) in [6.07, 6.45) is 7.12. The van der Waals surface area contributed by atoms with Crippen molar-refractivity contribution in [2.75, 3.05) is 37.7 Å². The van der Waals surface area contributed by atoms with E-state index in [4.69, 9.17) is 16.3 Å². The van der Waals surface area contributed by atoms with Crippen molar-refractivity contribution in [1.29, 1.82) is 0 Å². The number of carbonyl (C=O) groups is 1. The number of β-amino-alcohol motifs (C(OH)–C–C–N with tert-alkyl or cyclic N) is 1. The highest BCUT2D eigenvalue weighted by Crippen LogP contribution is 2.26. The number of nitrogens with zero attached hydrogens (tertiary/aromatic N) is 3. The zero-order valence-corrected chi connectivity index (χ0v) is 20.6. The van der Waals surface area contributed by atoms with Gasteiger partial charge in [-0.15, -0.1) is 0 Å². The summed E-state index contributed by atoms with van der Waals surface area (Å²) >= 11 is 5.88. The lowest BCUT2D eigenvalue weighted by molar-refractivity contribution is 0.0887. The van der Waals surface area contributed by atoms with Crippen LogP contribution in [0.3, 0.4) is 0 Å². The van der Waals surface area contributed by atoms with E-state index in [1.165, 1.54) is 0 Å². The van der Waals surface area contributed by atoms with Crippen molar-refractivity contribution in [2.24, 2.45) is 5.92 Å². The number of hydrogen-bond acceptors (Lipinski definition) is 7. The molecule has 0 radical (unpaired) electrons. The fourth-order valence-electron chi connectivity index (χ4n) is 4.87. The van der Waals surface area contributed by atoms with E-state index in [1.54, 1.807) is 12.4 Å². The fraction of sp³-hybridized carbons (Fsp3) is 0.560. The molecular formula is C25H34ClN5O3. The zero-order valence-electron chi connectivity index (χ0n) is 19.9. The van der Waals surface area contributed by atoms with Gasteiger partial charge >= 0.3 is 0 Å². The number of piperidine rings is 1. The summed E-state index contributed by atoms with van der Waals surface area (Å²) < 4.78 is 6.02. The Bertz CT molecular complexity index is 956. The lowest BCUT2D eigenvalue weighted by atomic mass is 9.92. The number of aromatic nitrogens is 2. The number of rotatable bonds is 8. The monoisotopic (exact) mass is 487 g/mol. The number of benzene rings is 1. The van der Waals surface area contributed by atoms with Crippen LogP contribution >= 0.6 is 11.6 Å². The topological polar surface area (TPSA) is 99.6 Å². The van der Waals surface area contributed by atoms with Crippen molar-refractivity contribution in [2.45, 2.75) is 51.7 Å². The Hall–Kier alpha value is -2.42. The van der Waals surface area contributed by atoms with Crippen LogP contribution in [0.2, 0.25) is 5.02 Å². The second-order valence-corrected chi connectivity index (χ2v) is 9.80. The molecule has 184 valence electrons. The van der Waals surface area contributed by atoms with Crippen LogP contribution in [-0.4, -0.2) is 65.9 Å². The first-order valence-corrected chi connectivity index (χ1v) is 12.4. The maximum Gasteiger partial charge on any atom is 0.252 e. The summed E-state index contributed by atoms with van der Waals surface area (Å²) in [6.45, 7) is 7.52. The van der Waals surface area contributed by atoms with Crippen LogP contribution in [0.25, 0.3) is 0 Å². The van der Waals surface area contributed by atoms with Gasteiger partial charge in [-0.3, -0.25) is 4.79 Å². The molecule has 34 heavy (non-hydrogen) atoms. The number of carbonyl (C=O) groups excluding carboxylic acids is 1. The van der Waals surface area contributed by atoms with Crippen molar-refractivity contribution in [1.82, 2.24) is 20.6 Å². The Morgan fingerprint density at radius 3 is 2.50 bits per heavy atom. The van der Waals surface area contributed by atoms with Gasteiger partial charge < -0.3 is 25.4 Å². The molecule has 3 N–H and O–H groups in total. The van der Waals surface area contributed by atoms with Gasteiger partial charge in [0, 0.05) is 31.7 Å².